The first-order valence-corrected chi connectivity index (χ1v) is 7.59. The van der Waals surface area contributed by atoms with Gasteiger partial charge < -0.3 is 10.5 Å². The van der Waals surface area contributed by atoms with Crippen LogP contribution in [-0.2, 0) is 6.61 Å². The predicted octanol–water partition coefficient (Wildman–Crippen LogP) is 3.30. The summed E-state index contributed by atoms with van der Waals surface area (Å²) in [5, 5.41) is 0. The van der Waals surface area contributed by atoms with Crippen LogP contribution >= 0.6 is 11.8 Å². The number of thioether (sulfide) groups is 1. The Bertz CT molecular complexity index is 594. The Morgan fingerprint density at radius 2 is 1.75 bits per heavy atom. The van der Waals surface area contributed by atoms with Crippen LogP contribution in [0.2, 0.25) is 0 Å². The zero-order chi connectivity index (χ0) is 14.2. The monoisotopic (exact) mass is 283 g/mol. The van der Waals surface area contributed by atoms with Gasteiger partial charge in [-0.1, -0.05) is 24.0 Å². The molecular weight excluding hydrogens is 266 g/mol. The van der Waals surface area contributed by atoms with Crippen molar-refractivity contribution in [1.29, 1.82) is 0 Å². The molecule has 0 spiro atoms. The highest BCUT2D eigenvalue weighted by Crippen LogP contribution is 2.19. The molecule has 0 unspecified atom stereocenters. The third kappa shape index (κ3) is 4.34. The molecule has 0 aliphatic rings. The van der Waals surface area contributed by atoms with Crippen LogP contribution in [0.15, 0.2) is 53.4 Å². The Morgan fingerprint density at radius 1 is 1.05 bits per heavy atom. The van der Waals surface area contributed by atoms with E-state index in [1.54, 1.807) is 11.8 Å². The Balaban J connectivity index is 1.93. The van der Waals surface area contributed by atoms with Crippen LogP contribution in [0.25, 0.3) is 0 Å². The SMILES string of the molecule is CSc1ccc(OCc2ccc(C#CCN)cc2)cc1. The number of nitrogens with two attached hydrogens (primary N) is 1. The highest BCUT2D eigenvalue weighted by molar-refractivity contribution is 7.98. The lowest BCUT2D eigenvalue weighted by atomic mass is 10.1. The molecule has 2 rings (SSSR count). The largest absolute Gasteiger partial charge is 0.489 e. The van der Waals surface area contributed by atoms with E-state index >= 15 is 0 Å². The summed E-state index contributed by atoms with van der Waals surface area (Å²) in [6, 6.07) is 16.1. The molecule has 0 radical (unpaired) electrons. The number of ether oxygens (including phenoxy) is 1. The van der Waals surface area contributed by atoms with Gasteiger partial charge in [-0.05, 0) is 48.2 Å². The lowest BCUT2D eigenvalue weighted by molar-refractivity contribution is 0.306. The topological polar surface area (TPSA) is 35.2 Å². The molecule has 0 aliphatic carbocycles. The highest BCUT2D eigenvalue weighted by atomic mass is 32.2. The third-order valence-electron chi connectivity index (χ3n) is 2.75. The molecule has 2 nitrogen and oxygen atoms in total. The molecule has 0 saturated carbocycles. The average molecular weight is 283 g/mol. The van der Waals surface area contributed by atoms with Gasteiger partial charge in [-0.2, -0.15) is 0 Å². The number of hydrogen-bond acceptors (Lipinski definition) is 3. The van der Waals surface area contributed by atoms with Crippen molar-refractivity contribution in [3.63, 3.8) is 0 Å². The van der Waals surface area contributed by atoms with Crippen LogP contribution < -0.4 is 10.5 Å². The van der Waals surface area contributed by atoms with E-state index in [1.807, 2.05) is 36.4 Å². The van der Waals surface area contributed by atoms with Crippen molar-refractivity contribution >= 4 is 11.8 Å². The van der Waals surface area contributed by atoms with Crippen LogP contribution in [0.1, 0.15) is 11.1 Å². The van der Waals surface area contributed by atoms with Gasteiger partial charge in [0.15, 0.2) is 0 Å². The quantitative estimate of drug-likeness (QED) is 0.691. The summed E-state index contributed by atoms with van der Waals surface area (Å²) in [6.07, 6.45) is 2.06. The fourth-order valence-corrected chi connectivity index (χ4v) is 2.08. The smallest absolute Gasteiger partial charge is 0.119 e. The van der Waals surface area contributed by atoms with E-state index < -0.39 is 0 Å². The summed E-state index contributed by atoms with van der Waals surface area (Å²) < 4.78 is 5.75. The van der Waals surface area contributed by atoms with E-state index in [0.29, 0.717) is 13.2 Å². The predicted molar refractivity (Wildman–Crippen MR) is 84.9 cm³/mol. The fourth-order valence-electron chi connectivity index (χ4n) is 1.68. The maximum absolute atomic E-state index is 5.75. The summed E-state index contributed by atoms with van der Waals surface area (Å²) >= 11 is 1.72. The van der Waals surface area contributed by atoms with Crippen molar-refractivity contribution < 1.29 is 4.74 Å². The van der Waals surface area contributed by atoms with Crippen molar-refractivity contribution in [2.75, 3.05) is 12.8 Å². The van der Waals surface area contributed by atoms with Crippen molar-refractivity contribution in [3.05, 3.63) is 59.7 Å². The molecule has 0 aliphatic heterocycles. The second-order valence-corrected chi connectivity index (χ2v) is 5.05. The van der Waals surface area contributed by atoms with Crippen LogP contribution in [0.5, 0.6) is 5.75 Å². The summed E-state index contributed by atoms with van der Waals surface area (Å²) in [6.45, 7) is 0.945. The van der Waals surface area contributed by atoms with Gasteiger partial charge in [0.1, 0.15) is 12.4 Å². The number of hydrogen-bond donors (Lipinski definition) is 1. The first kappa shape index (κ1) is 14.5. The Labute approximate surface area is 124 Å². The van der Waals surface area contributed by atoms with Gasteiger partial charge in [0.25, 0.3) is 0 Å². The molecule has 0 fully saturated rings. The lowest BCUT2D eigenvalue weighted by Crippen LogP contribution is -1.95. The van der Waals surface area contributed by atoms with Gasteiger partial charge in [-0.3, -0.25) is 0 Å². The molecule has 0 aromatic heterocycles. The van der Waals surface area contributed by atoms with Crippen LogP contribution in [0, 0.1) is 11.8 Å². The van der Waals surface area contributed by atoms with Crippen LogP contribution in [0.4, 0.5) is 0 Å². The van der Waals surface area contributed by atoms with E-state index in [-0.39, 0.29) is 0 Å². The lowest BCUT2D eigenvalue weighted by Gasteiger charge is -2.07. The summed E-state index contributed by atoms with van der Waals surface area (Å²) in [4.78, 5) is 1.24. The molecule has 2 aromatic carbocycles. The molecule has 0 amide bonds. The summed E-state index contributed by atoms with van der Waals surface area (Å²) in [5.74, 6) is 6.72. The van der Waals surface area contributed by atoms with Gasteiger partial charge in [0.05, 0.1) is 6.54 Å². The first-order chi connectivity index (χ1) is 9.81. The molecule has 20 heavy (non-hydrogen) atoms. The standard InChI is InChI=1S/C17H17NOS/c1-20-17-10-8-16(9-11-17)19-13-15-6-4-14(5-7-15)3-2-12-18/h4-11H,12-13,18H2,1H3. The molecule has 0 heterocycles. The minimum Gasteiger partial charge on any atom is -0.489 e. The van der Waals surface area contributed by atoms with Crippen molar-refractivity contribution in [1.82, 2.24) is 0 Å². The number of benzene rings is 2. The molecular formula is C17H17NOS. The van der Waals surface area contributed by atoms with Gasteiger partial charge in [0, 0.05) is 10.5 Å². The van der Waals surface area contributed by atoms with Crippen molar-refractivity contribution in [3.8, 4) is 17.6 Å². The second kappa shape index (κ2) is 7.64. The second-order valence-electron chi connectivity index (χ2n) is 4.17. The van der Waals surface area contributed by atoms with Gasteiger partial charge in [0.2, 0.25) is 0 Å². The van der Waals surface area contributed by atoms with Gasteiger partial charge in [-0.25, -0.2) is 0 Å². The molecule has 0 saturated heterocycles. The average Bonchev–Trinajstić information content (AvgIpc) is 2.52. The normalized spacial score (nSPS) is 9.70. The molecule has 2 N–H and O–H groups in total. The third-order valence-corrected chi connectivity index (χ3v) is 3.50. The van der Waals surface area contributed by atoms with Crippen LogP contribution in [0.3, 0.4) is 0 Å². The minimum absolute atomic E-state index is 0.386. The van der Waals surface area contributed by atoms with E-state index in [0.717, 1.165) is 16.9 Å². The molecule has 0 atom stereocenters. The van der Waals surface area contributed by atoms with E-state index in [2.05, 4.69) is 30.2 Å². The van der Waals surface area contributed by atoms with Crippen LogP contribution in [-0.4, -0.2) is 12.8 Å². The zero-order valence-corrected chi connectivity index (χ0v) is 12.2. The minimum atomic E-state index is 0.386. The number of rotatable bonds is 4. The van der Waals surface area contributed by atoms with Crippen molar-refractivity contribution in [2.24, 2.45) is 5.73 Å². The van der Waals surface area contributed by atoms with Crippen molar-refractivity contribution in [2.45, 2.75) is 11.5 Å². The zero-order valence-electron chi connectivity index (χ0n) is 11.4. The fraction of sp³-hybridized carbons (Fsp3) is 0.176. The van der Waals surface area contributed by atoms with E-state index in [1.165, 1.54) is 4.90 Å². The molecule has 102 valence electrons. The maximum Gasteiger partial charge on any atom is 0.119 e. The Kier molecular flexibility index (Phi) is 5.55. The first-order valence-electron chi connectivity index (χ1n) is 6.36. The molecule has 3 heteroatoms. The summed E-state index contributed by atoms with van der Waals surface area (Å²) in [7, 11) is 0. The maximum atomic E-state index is 5.75. The van der Waals surface area contributed by atoms with Gasteiger partial charge in [-0.15, -0.1) is 11.8 Å². The Hall–Kier alpha value is -1.89. The summed E-state index contributed by atoms with van der Waals surface area (Å²) in [5.41, 5.74) is 7.44. The van der Waals surface area contributed by atoms with E-state index in [9.17, 15) is 0 Å². The van der Waals surface area contributed by atoms with E-state index in [4.69, 9.17) is 10.5 Å². The van der Waals surface area contributed by atoms with Gasteiger partial charge >= 0.3 is 0 Å². The Morgan fingerprint density at radius 3 is 2.35 bits per heavy atom. The molecule has 2 aromatic rings. The highest BCUT2D eigenvalue weighted by Gasteiger charge is 1.97. The molecule has 0 bridgehead atoms.